The minimum absolute atomic E-state index is 0.210. The van der Waals surface area contributed by atoms with Crippen molar-refractivity contribution in [3.05, 3.63) is 72.2 Å². The summed E-state index contributed by atoms with van der Waals surface area (Å²) >= 11 is 1.31. The minimum atomic E-state index is -0.966. The van der Waals surface area contributed by atoms with Crippen LogP contribution in [-0.2, 0) is 14.3 Å². The van der Waals surface area contributed by atoms with Crippen molar-refractivity contribution in [1.29, 1.82) is 0 Å². The second-order valence-electron chi connectivity index (χ2n) is 5.88. The molecule has 0 fully saturated rings. The van der Waals surface area contributed by atoms with Gasteiger partial charge in [-0.15, -0.1) is 11.3 Å². The Bertz CT molecular complexity index is 869. The summed E-state index contributed by atoms with van der Waals surface area (Å²) in [6.07, 6.45) is 7.32. The van der Waals surface area contributed by atoms with Crippen LogP contribution in [-0.4, -0.2) is 23.5 Å². The van der Waals surface area contributed by atoms with Crippen LogP contribution in [0.5, 0.6) is 0 Å². The summed E-state index contributed by atoms with van der Waals surface area (Å²) < 4.78 is 5.10. The van der Waals surface area contributed by atoms with Gasteiger partial charge in [0.05, 0.1) is 12.3 Å². The SMILES string of the molecule is C=C/C=C(\C=C/C)C[C@H](C(=O)Nc1nc(-c2ccccc2)cs1)C(=O)OCC. The number of carbonyl (C=O) groups excluding carboxylic acids is 2. The second kappa shape index (κ2) is 11.0. The topological polar surface area (TPSA) is 68.3 Å². The quantitative estimate of drug-likeness (QED) is 0.368. The van der Waals surface area contributed by atoms with Crippen LogP contribution < -0.4 is 5.32 Å². The van der Waals surface area contributed by atoms with Crippen molar-refractivity contribution >= 4 is 28.3 Å². The van der Waals surface area contributed by atoms with E-state index in [1.807, 2.05) is 54.8 Å². The number of rotatable bonds is 9. The summed E-state index contributed by atoms with van der Waals surface area (Å²) in [6.45, 7) is 7.48. The number of allylic oxidation sites excluding steroid dienone is 5. The monoisotopic (exact) mass is 396 g/mol. The molecule has 0 aliphatic rings. The minimum Gasteiger partial charge on any atom is -0.465 e. The highest BCUT2D eigenvalue weighted by Gasteiger charge is 2.29. The van der Waals surface area contributed by atoms with Crippen molar-refractivity contribution < 1.29 is 14.3 Å². The highest BCUT2D eigenvalue weighted by molar-refractivity contribution is 7.14. The first-order valence-electron chi connectivity index (χ1n) is 9.01. The van der Waals surface area contributed by atoms with Crippen molar-refractivity contribution in [2.24, 2.45) is 5.92 Å². The Kier molecular flexibility index (Phi) is 8.37. The molecule has 28 heavy (non-hydrogen) atoms. The lowest BCUT2D eigenvalue weighted by Gasteiger charge is -2.15. The molecule has 146 valence electrons. The van der Waals surface area contributed by atoms with Gasteiger partial charge in [0.2, 0.25) is 5.91 Å². The molecule has 1 atom stereocenters. The summed E-state index contributed by atoms with van der Waals surface area (Å²) in [5.41, 5.74) is 2.55. The lowest BCUT2D eigenvalue weighted by Crippen LogP contribution is -2.31. The summed E-state index contributed by atoms with van der Waals surface area (Å²) in [5, 5.41) is 5.06. The van der Waals surface area contributed by atoms with Crippen LogP contribution >= 0.6 is 11.3 Å². The highest BCUT2D eigenvalue weighted by Crippen LogP contribution is 2.26. The maximum atomic E-state index is 12.8. The first-order chi connectivity index (χ1) is 13.6. The molecule has 1 N–H and O–H groups in total. The Labute approximate surface area is 169 Å². The van der Waals surface area contributed by atoms with Gasteiger partial charge in [-0.25, -0.2) is 4.98 Å². The largest absolute Gasteiger partial charge is 0.465 e. The van der Waals surface area contributed by atoms with Gasteiger partial charge >= 0.3 is 5.97 Å². The molecule has 0 spiro atoms. The van der Waals surface area contributed by atoms with E-state index in [9.17, 15) is 9.59 Å². The zero-order chi connectivity index (χ0) is 20.4. The number of hydrogen-bond donors (Lipinski definition) is 1. The average Bonchev–Trinajstić information content (AvgIpc) is 3.15. The molecule has 2 aromatic rings. The number of amides is 1. The van der Waals surface area contributed by atoms with E-state index in [1.165, 1.54) is 11.3 Å². The fraction of sp³-hybridized carbons (Fsp3) is 0.227. The van der Waals surface area contributed by atoms with Gasteiger partial charge in [0, 0.05) is 10.9 Å². The molecule has 6 heteroatoms. The van der Waals surface area contributed by atoms with Crippen LogP contribution in [0, 0.1) is 5.92 Å². The smallest absolute Gasteiger partial charge is 0.318 e. The van der Waals surface area contributed by atoms with E-state index in [-0.39, 0.29) is 13.0 Å². The van der Waals surface area contributed by atoms with Crippen LogP contribution in [0.4, 0.5) is 5.13 Å². The molecular weight excluding hydrogens is 372 g/mol. The fourth-order valence-electron chi connectivity index (χ4n) is 2.58. The third-order valence-corrected chi connectivity index (χ3v) is 4.60. The van der Waals surface area contributed by atoms with E-state index in [2.05, 4.69) is 16.9 Å². The van der Waals surface area contributed by atoms with Crippen LogP contribution in [0.15, 0.2) is 72.2 Å². The lowest BCUT2D eigenvalue weighted by molar-refractivity contribution is -0.150. The maximum absolute atomic E-state index is 12.8. The average molecular weight is 397 g/mol. The number of thiazole rings is 1. The van der Waals surface area contributed by atoms with Gasteiger partial charge in [-0.1, -0.05) is 61.2 Å². The van der Waals surface area contributed by atoms with Gasteiger partial charge in [0.1, 0.15) is 5.92 Å². The van der Waals surface area contributed by atoms with E-state index >= 15 is 0 Å². The molecule has 1 aromatic carbocycles. The molecular formula is C22H24N2O3S. The number of nitrogens with zero attached hydrogens (tertiary/aromatic N) is 1. The Balaban J connectivity index is 2.18. The number of ether oxygens (including phenoxy) is 1. The summed E-state index contributed by atoms with van der Waals surface area (Å²) in [7, 11) is 0. The Morgan fingerprint density at radius 2 is 2.07 bits per heavy atom. The first kappa shape index (κ1) is 21.3. The van der Waals surface area contributed by atoms with Crippen molar-refractivity contribution in [3.8, 4) is 11.3 Å². The zero-order valence-electron chi connectivity index (χ0n) is 16.1. The normalized spacial score (nSPS) is 12.6. The summed E-state index contributed by atoms with van der Waals surface area (Å²) in [5.74, 6) is -1.96. The van der Waals surface area contributed by atoms with Crippen LogP contribution in [0.25, 0.3) is 11.3 Å². The van der Waals surface area contributed by atoms with Crippen molar-refractivity contribution in [3.63, 3.8) is 0 Å². The molecule has 1 aromatic heterocycles. The van der Waals surface area contributed by atoms with Crippen molar-refractivity contribution in [2.75, 3.05) is 11.9 Å². The number of nitrogens with one attached hydrogen (secondary N) is 1. The Morgan fingerprint density at radius 3 is 2.71 bits per heavy atom. The van der Waals surface area contributed by atoms with Crippen LogP contribution in [0.2, 0.25) is 0 Å². The van der Waals surface area contributed by atoms with Gasteiger partial charge in [-0.3, -0.25) is 9.59 Å². The molecule has 0 saturated heterocycles. The van der Waals surface area contributed by atoms with Gasteiger partial charge in [-0.05, 0) is 25.8 Å². The van der Waals surface area contributed by atoms with Crippen molar-refractivity contribution in [1.82, 2.24) is 4.98 Å². The number of hydrogen-bond acceptors (Lipinski definition) is 5. The lowest BCUT2D eigenvalue weighted by atomic mass is 9.97. The fourth-order valence-corrected chi connectivity index (χ4v) is 3.31. The Hall–Kier alpha value is -2.99. The number of anilines is 1. The molecule has 1 heterocycles. The molecule has 0 aliphatic heterocycles. The summed E-state index contributed by atoms with van der Waals surface area (Å²) in [6, 6.07) is 9.69. The predicted molar refractivity (Wildman–Crippen MR) is 114 cm³/mol. The van der Waals surface area contributed by atoms with Crippen molar-refractivity contribution in [2.45, 2.75) is 20.3 Å². The molecule has 0 radical (unpaired) electrons. The molecule has 0 aliphatic carbocycles. The molecule has 1 amide bonds. The van der Waals surface area contributed by atoms with E-state index in [1.54, 1.807) is 19.1 Å². The highest BCUT2D eigenvalue weighted by atomic mass is 32.1. The van der Waals surface area contributed by atoms with Gasteiger partial charge in [0.25, 0.3) is 0 Å². The standard InChI is InChI=1S/C22H24N2O3S/c1-4-10-16(11-5-2)14-18(21(26)27-6-3)20(25)24-22-23-19(15-28-22)17-12-8-7-9-13-17/h4-5,7-13,15,18H,1,6,14H2,2-3H3,(H,23,24,25)/b11-5-,16-10+/t18-/m1/s1. The maximum Gasteiger partial charge on any atom is 0.318 e. The summed E-state index contributed by atoms with van der Waals surface area (Å²) in [4.78, 5) is 29.6. The Morgan fingerprint density at radius 1 is 1.32 bits per heavy atom. The van der Waals surface area contributed by atoms with Gasteiger partial charge in [0.15, 0.2) is 5.13 Å². The number of benzene rings is 1. The van der Waals surface area contributed by atoms with Crippen LogP contribution in [0.1, 0.15) is 20.3 Å². The van der Waals surface area contributed by atoms with E-state index in [0.29, 0.717) is 5.13 Å². The van der Waals surface area contributed by atoms with Crippen LogP contribution in [0.3, 0.4) is 0 Å². The number of esters is 1. The first-order valence-corrected chi connectivity index (χ1v) is 9.89. The second-order valence-corrected chi connectivity index (χ2v) is 6.74. The number of aromatic nitrogens is 1. The molecule has 5 nitrogen and oxygen atoms in total. The van der Waals surface area contributed by atoms with Gasteiger partial charge in [-0.2, -0.15) is 0 Å². The zero-order valence-corrected chi connectivity index (χ0v) is 16.9. The third-order valence-electron chi connectivity index (χ3n) is 3.84. The van der Waals surface area contributed by atoms with E-state index in [0.717, 1.165) is 16.8 Å². The van der Waals surface area contributed by atoms with E-state index < -0.39 is 17.8 Å². The molecule has 0 bridgehead atoms. The van der Waals surface area contributed by atoms with E-state index in [4.69, 9.17) is 4.74 Å². The third kappa shape index (κ3) is 6.03. The number of carbonyl (C=O) groups is 2. The predicted octanol–water partition coefficient (Wildman–Crippen LogP) is 5.01. The van der Waals surface area contributed by atoms with Gasteiger partial charge < -0.3 is 10.1 Å². The molecule has 0 unspecified atom stereocenters. The molecule has 0 saturated carbocycles. The molecule has 2 rings (SSSR count).